The summed E-state index contributed by atoms with van der Waals surface area (Å²) in [5.74, 6) is -0.0938. The fourth-order valence-electron chi connectivity index (χ4n) is 3.74. The minimum atomic E-state index is -0.399. The molecule has 0 aromatic heterocycles. The quantitative estimate of drug-likeness (QED) is 0.770. The second kappa shape index (κ2) is 8.99. The van der Waals surface area contributed by atoms with E-state index in [0.717, 1.165) is 19.4 Å². The van der Waals surface area contributed by atoms with Gasteiger partial charge in [0.15, 0.2) is 0 Å². The van der Waals surface area contributed by atoms with Gasteiger partial charge >= 0.3 is 0 Å². The van der Waals surface area contributed by atoms with Crippen molar-refractivity contribution in [3.63, 3.8) is 0 Å². The molecule has 5 heteroatoms. The summed E-state index contributed by atoms with van der Waals surface area (Å²) in [6.45, 7) is 4.78. The van der Waals surface area contributed by atoms with E-state index in [2.05, 4.69) is 46.7 Å². The highest BCUT2D eigenvalue weighted by atomic mass is 16.2. The van der Waals surface area contributed by atoms with Gasteiger partial charge in [-0.05, 0) is 38.2 Å². The zero-order chi connectivity index (χ0) is 18.4. The monoisotopic (exact) mass is 355 g/mol. The Morgan fingerprint density at radius 3 is 3.00 bits per heavy atom. The van der Waals surface area contributed by atoms with E-state index in [4.69, 9.17) is 0 Å². The van der Waals surface area contributed by atoms with Crippen LogP contribution in [-0.2, 0) is 16.1 Å². The van der Waals surface area contributed by atoms with Gasteiger partial charge in [0.25, 0.3) is 0 Å². The second-order valence-electron chi connectivity index (χ2n) is 7.36. The first kappa shape index (κ1) is 18.6. The normalized spacial score (nSPS) is 21.0. The number of benzene rings is 1. The summed E-state index contributed by atoms with van der Waals surface area (Å²) >= 11 is 0. The molecule has 2 N–H and O–H groups in total. The lowest BCUT2D eigenvalue weighted by molar-refractivity contribution is -0.134. The molecule has 140 valence electrons. The highest BCUT2D eigenvalue weighted by Gasteiger charge is 2.31. The summed E-state index contributed by atoms with van der Waals surface area (Å²) in [6, 6.07) is 7.92. The van der Waals surface area contributed by atoms with Crippen LogP contribution >= 0.6 is 0 Å². The molecule has 5 nitrogen and oxygen atoms in total. The number of hydrogen-bond acceptors (Lipinski definition) is 3. The molecule has 1 aromatic carbocycles. The van der Waals surface area contributed by atoms with Crippen molar-refractivity contribution in [1.82, 2.24) is 15.5 Å². The molecule has 1 atom stereocenters. The van der Waals surface area contributed by atoms with E-state index in [-0.39, 0.29) is 18.2 Å². The first-order valence-electron chi connectivity index (χ1n) is 9.64. The van der Waals surface area contributed by atoms with E-state index in [9.17, 15) is 9.59 Å². The molecule has 0 radical (unpaired) electrons. The fourth-order valence-corrected chi connectivity index (χ4v) is 3.74. The molecule has 0 bridgehead atoms. The Morgan fingerprint density at radius 2 is 2.23 bits per heavy atom. The maximum absolute atomic E-state index is 12.4. The first-order valence-corrected chi connectivity index (χ1v) is 9.64. The number of nitrogens with one attached hydrogen (secondary N) is 2. The third-order valence-electron chi connectivity index (χ3n) is 5.19. The van der Waals surface area contributed by atoms with Gasteiger partial charge in [-0.15, -0.1) is 0 Å². The Labute approximate surface area is 155 Å². The van der Waals surface area contributed by atoms with Crippen molar-refractivity contribution in [2.45, 2.75) is 51.6 Å². The molecule has 0 unspecified atom stereocenters. The average Bonchev–Trinajstić information content (AvgIpc) is 2.64. The smallest absolute Gasteiger partial charge is 0.237 e. The van der Waals surface area contributed by atoms with Crippen LogP contribution in [0, 0.1) is 6.92 Å². The zero-order valence-corrected chi connectivity index (χ0v) is 15.6. The summed E-state index contributed by atoms with van der Waals surface area (Å²) in [5.41, 5.74) is 3.70. The van der Waals surface area contributed by atoms with Gasteiger partial charge in [0.05, 0.1) is 12.5 Å². The Balaban J connectivity index is 1.58. The number of rotatable bonds is 6. The van der Waals surface area contributed by atoms with Crippen LogP contribution in [0.25, 0.3) is 0 Å². The molecule has 2 amide bonds. The Morgan fingerprint density at radius 1 is 1.35 bits per heavy atom. The van der Waals surface area contributed by atoms with E-state index in [0.29, 0.717) is 19.6 Å². The lowest BCUT2D eigenvalue weighted by atomic mass is 9.99. The van der Waals surface area contributed by atoms with Crippen LogP contribution in [0.5, 0.6) is 0 Å². The molecule has 1 aliphatic carbocycles. The van der Waals surface area contributed by atoms with Gasteiger partial charge in [0.1, 0.15) is 0 Å². The van der Waals surface area contributed by atoms with E-state index >= 15 is 0 Å². The lowest BCUT2D eigenvalue weighted by Crippen LogP contribution is -2.56. The van der Waals surface area contributed by atoms with Crippen molar-refractivity contribution < 1.29 is 9.59 Å². The van der Waals surface area contributed by atoms with Crippen molar-refractivity contribution in [3.8, 4) is 0 Å². The molecule has 2 aliphatic rings. The fraction of sp³-hybridized carbons (Fsp3) is 0.524. The van der Waals surface area contributed by atoms with Crippen LogP contribution < -0.4 is 10.6 Å². The molecule has 1 heterocycles. The molecular weight excluding hydrogens is 326 g/mol. The van der Waals surface area contributed by atoms with Crippen molar-refractivity contribution >= 4 is 11.8 Å². The SMILES string of the molecule is Cc1cccc(CN2CCNC(=O)[C@@H]2CC(=O)NCC2=CCCCC2)c1. The number of hydrogen-bond donors (Lipinski definition) is 2. The van der Waals surface area contributed by atoms with E-state index < -0.39 is 6.04 Å². The molecule has 1 fully saturated rings. The van der Waals surface area contributed by atoms with E-state index in [1.807, 2.05) is 6.07 Å². The minimum Gasteiger partial charge on any atom is -0.353 e. The van der Waals surface area contributed by atoms with Gasteiger partial charge in [-0.1, -0.05) is 41.5 Å². The molecule has 26 heavy (non-hydrogen) atoms. The molecular formula is C21H29N3O2. The number of allylic oxidation sites excluding steroid dienone is 1. The Hall–Kier alpha value is -2.14. The maximum atomic E-state index is 12.4. The van der Waals surface area contributed by atoms with Crippen molar-refractivity contribution in [3.05, 3.63) is 47.0 Å². The standard InChI is InChI=1S/C21H29N3O2/c1-16-6-5-9-18(12-16)15-24-11-10-22-21(26)19(24)13-20(25)23-14-17-7-3-2-4-8-17/h5-7,9,12,19H,2-4,8,10-11,13-15H2,1H3,(H,22,26)(H,23,25)/t19-/m0/s1. The van der Waals surface area contributed by atoms with Gasteiger partial charge in [-0.2, -0.15) is 0 Å². The van der Waals surface area contributed by atoms with Crippen molar-refractivity contribution in [1.29, 1.82) is 0 Å². The maximum Gasteiger partial charge on any atom is 0.237 e. The zero-order valence-electron chi connectivity index (χ0n) is 15.6. The average molecular weight is 355 g/mol. The predicted octanol–water partition coefficient (Wildman–Crippen LogP) is 2.30. The second-order valence-corrected chi connectivity index (χ2v) is 7.36. The van der Waals surface area contributed by atoms with Crippen LogP contribution in [0.2, 0.25) is 0 Å². The Bertz CT molecular complexity index is 684. The van der Waals surface area contributed by atoms with Crippen molar-refractivity contribution in [2.24, 2.45) is 0 Å². The summed E-state index contributed by atoms with van der Waals surface area (Å²) in [5, 5.41) is 5.90. The highest BCUT2D eigenvalue weighted by molar-refractivity contribution is 5.88. The van der Waals surface area contributed by atoms with Crippen LogP contribution in [0.15, 0.2) is 35.9 Å². The van der Waals surface area contributed by atoms with E-state index in [1.54, 1.807) is 0 Å². The van der Waals surface area contributed by atoms with Gasteiger partial charge in [-0.3, -0.25) is 14.5 Å². The highest BCUT2D eigenvalue weighted by Crippen LogP contribution is 2.17. The number of carbonyl (C=O) groups is 2. The summed E-state index contributed by atoms with van der Waals surface area (Å²) in [6.07, 6.45) is 7.08. The third-order valence-corrected chi connectivity index (χ3v) is 5.19. The van der Waals surface area contributed by atoms with Crippen LogP contribution in [-0.4, -0.2) is 42.4 Å². The van der Waals surface area contributed by atoms with Crippen LogP contribution in [0.3, 0.4) is 0 Å². The number of amides is 2. The first-order chi connectivity index (χ1) is 12.6. The molecule has 3 rings (SSSR count). The molecule has 1 aliphatic heterocycles. The van der Waals surface area contributed by atoms with Crippen molar-refractivity contribution in [2.75, 3.05) is 19.6 Å². The molecule has 0 saturated carbocycles. The number of piperazine rings is 1. The predicted molar refractivity (Wildman–Crippen MR) is 103 cm³/mol. The summed E-state index contributed by atoms with van der Waals surface area (Å²) in [7, 11) is 0. The molecule has 1 saturated heterocycles. The third kappa shape index (κ3) is 5.18. The van der Waals surface area contributed by atoms with Gasteiger partial charge in [0.2, 0.25) is 11.8 Å². The van der Waals surface area contributed by atoms with Gasteiger partial charge < -0.3 is 10.6 Å². The number of nitrogens with zero attached hydrogens (tertiary/aromatic N) is 1. The molecule has 1 aromatic rings. The number of carbonyl (C=O) groups excluding carboxylic acids is 2. The topological polar surface area (TPSA) is 61.4 Å². The van der Waals surface area contributed by atoms with Crippen LogP contribution in [0.1, 0.15) is 43.2 Å². The Kier molecular flexibility index (Phi) is 6.45. The van der Waals surface area contributed by atoms with E-state index in [1.165, 1.54) is 29.5 Å². The summed E-state index contributed by atoms with van der Waals surface area (Å²) in [4.78, 5) is 26.9. The molecule has 0 spiro atoms. The lowest BCUT2D eigenvalue weighted by Gasteiger charge is -2.34. The number of aryl methyl sites for hydroxylation is 1. The minimum absolute atomic E-state index is 0.0454. The van der Waals surface area contributed by atoms with Gasteiger partial charge in [-0.25, -0.2) is 0 Å². The van der Waals surface area contributed by atoms with Gasteiger partial charge in [0, 0.05) is 26.2 Å². The van der Waals surface area contributed by atoms with Crippen LogP contribution in [0.4, 0.5) is 0 Å². The largest absolute Gasteiger partial charge is 0.353 e. The summed E-state index contributed by atoms with van der Waals surface area (Å²) < 4.78 is 0.